The van der Waals surface area contributed by atoms with Crippen molar-refractivity contribution < 1.29 is 9.53 Å². The van der Waals surface area contributed by atoms with Crippen LogP contribution in [0.4, 0.5) is 5.82 Å². The molecule has 0 aromatic carbocycles. The molecule has 6 heteroatoms. The van der Waals surface area contributed by atoms with Crippen LogP contribution < -0.4 is 4.90 Å². The van der Waals surface area contributed by atoms with Crippen molar-refractivity contribution in [3.05, 3.63) is 17.6 Å². The molecule has 26 heavy (non-hydrogen) atoms. The van der Waals surface area contributed by atoms with E-state index in [1.807, 2.05) is 17.9 Å². The van der Waals surface area contributed by atoms with Crippen LogP contribution in [0.1, 0.15) is 63.4 Å². The number of anilines is 1. The highest BCUT2D eigenvalue weighted by Gasteiger charge is 2.24. The van der Waals surface area contributed by atoms with Crippen LogP contribution >= 0.6 is 0 Å². The SMILES string of the molecule is Cc1cc(N2CCN(C(=O)COC3CCCCC3)CC2)nc(C(C)C)n1. The van der Waals surface area contributed by atoms with Gasteiger partial charge in [-0.2, -0.15) is 0 Å². The normalized spacial score (nSPS) is 19.2. The lowest BCUT2D eigenvalue weighted by Crippen LogP contribution is -2.50. The average molecular weight is 361 g/mol. The summed E-state index contributed by atoms with van der Waals surface area (Å²) < 4.78 is 5.84. The first kappa shape index (κ1) is 19.1. The summed E-state index contributed by atoms with van der Waals surface area (Å²) in [6.07, 6.45) is 6.25. The molecule has 0 spiro atoms. The topological polar surface area (TPSA) is 58.6 Å². The highest BCUT2D eigenvalue weighted by atomic mass is 16.5. The van der Waals surface area contributed by atoms with Crippen LogP contribution in [0, 0.1) is 6.92 Å². The van der Waals surface area contributed by atoms with E-state index < -0.39 is 0 Å². The molecule has 1 saturated carbocycles. The molecule has 2 fully saturated rings. The Kier molecular flexibility index (Phi) is 6.46. The van der Waals surface area contributed by atoms with E-state index in [1.165, 1.54) is 19.3 Å². The number of ether oxygens (including phenoxy) is 1. The molecule has 1 amide bonds. The lowest BCUT2D eigenvalue weighted by atomic mass is 9.98. The van der Waals surface area contributed by atoms with Gasteiger partial charge < -0.3 is 14.5 Å². The van der Waals surface area contributed by atoms with E-state index in [0.29, 0.717) is 5.92 Å². The molecule has 1 aromatic heterocycles. The van der Waals surface area contributed by atoms with Gasteiger partial charge in [-0.15, -0.1) is 0 Å². The molecular weight excluding hydrogens is 328 g/mol. The molecule has 0 unspecified atom stereocenters. The van der Waals surface area contributed by atoms with Gasteiger partial charge in [0.25, 0.3) is 0 Å². The lowest BCUT2D eigenvalue weighted by Gasteiger charge is -2.36. The maximum absolute atomic E-state index is 12.4. The van der Waals surface area contributed by atoms with E-state index in [2.05, 4.69) is 23.7 Å². The Morgan fingerprint density at radius 2 is 1.85 bits per heavy atom. The molecule has 144 valence electrons. The van der Waals surface area contributed by atoms with Crippen LogP contribution in [0.15, 0.2) is 6.07 Å². The molecule has 1 aliphatic heterocycles. The van der Waals surface area contributed by atoms with Gasteiger partial charge in [-0.3, -0.25) is 4.79 Å². The smallest absolute Gasteiger partial charge is 0.248 e. The highest BCUT2D eigenvalue weighted by molar-refractivity contribution is 5.77. The van der Waals surface area contributed by atoms with Gasteiger partial charge in [-0.25, -0.2) is 9.97 Å². The van der Waals surface area contributed by atoms with Crippen molar-refractivity contribution in [3.8, 4) is 0 Å². The number of hydrogen-bond donors (Lipinski definition) is 0. The van der Waals surface area contributed by atoms with Gasteiger partial charge in [0.1, 0.15) is 18.2 Å². The minimum absolute atomic E-state index is 0.122. The van der Waals surface area contributed by atoms with Gasteiger partial charge in [-0.1, -0.05) is 33.1 Å². The van der Waals surface area contributed by atoms with Crippen molar-refractivity contribution in [2.75, 3.05) is 37.7 Å². The number of piperazine rings is 1. The summed E-state index contributed by atoms with van der Waals surface area (Å²) in [5.74, 6) is 2.30. The molecule has 2 heterocycles. The number of aromatic nitrogens is 2. The molecule has 1 aliphatic carbocycles. The molecule has 6 nitrogen and oxygen atoms in total. The summed E-state index contributed by atoms with van der Waals surface area (Å²) >= 11 is 0. The fourth-order valence-electron chi connectivity index (χ4n) is 3.69. The first-order valence-corrected chi connectivity index (χ1v) is 10.0. The number of carbonyl (C=O) groups excluding carboxylic acids is 1. The molecule has 0 N–H and O–H groups in total. The van der Waals surface area contributed by atoms with Crippen molar-refractivity contribution in [1.29, 1.82) is 0 Å². The second kappa shape index (κ2) is 8.80. The highest BCUT2D eigenvalue weighted by Crippen LogP contribution is 2.21. The maximum Gasteiger partial charge on any atom is 0.248 e. The Bertz CT molecular complexity index is 606. The fraction of sp³-hybridized carbons (Fsp3) is 0.750. The van der Waals surface area contributed by atoms with E-state index in [1.54, 1.807) is 0 Å². The van der Waals surface area contributed by atoms with Crippen LogP contribution in [0.3, 0.4) is 0 Å². The van der Waals surface area contributed by atoms with Crippen LogP contribution in [-0.4, -0.2) is 59.7 Å². The third kappa shape index (κ3) is 4.93. The molecule has 2 aliphatic rings. The summed E-state index contributed by atoms with van der Waals surface area (Å²) in [5, 5.41) is 0. The van der Waals surface area contributed by atoms with Gasteiger partial charge in [0, 0.05) is 43.9 Å². The van der Waals surface area contributed by atoms with Crippen molar-refractivity contribution >= 4 is 11.7 Å². The van der Waals surface area contributed by atoms with E-state index in [0.717, 1.165) is 56.4 Å². The van der Waals surface area contributed by atoms with E-state index in [4.69, 9.17) is 9.72 Å². The molecule has 3 rings (SSSR count). The van der Waals surface area contributed by atoms with Crippen molar-refractivity contribution in [2.45, 2.75) is 64.9 Å². The number of nitrogens with zero attached hydrogens (tertiary/aromatic N) is 4. The first-order chi connectivity index (χ1) is 12.5. The number of carbonyl (C=O) groups is 1. The van der Waals surface area contributed by atoms with Crippen LogP contribution in [0.5, 0.6) is 0 Å². The maximum atomic E-state index is 12.4. The number of amides is 1. The molecule has 0 radical (unpaired) electrons. The Hall–Kier alpha value is -1.69. The van der Waals surface area contributed by atoms with Crippen molar-refractivity contribution in [2.24, 2.45) is 0 Å². The molecule has 1 saturated heterocycles. The predicted octanol–water partition coefficient (Wildman–Crippen LogP) is 2.91. The first-order valence-electron chi connectivity index (χ1n) is 10.0. The minimum atomic E-state index is 0.122. The zero-order chi connectivity index (χ0) is 18.5. The lowest BCUT2D eigenvalue weighted by molar-refractivity contribution is -0.139. The molecule has 1 aromatic rings. The predicted molar refractivity (Wildman–Crippen MR) is 102 cm³/mol. The van der Waals surface area contributed by atoms with E-state index in [-0.39, 0.29) is 18.6 Å². The molecule has 0 atom stereocenters. The standard InChI is InChI=1S/C20H32N4O2/c1-15(2)20-21-16(3)13-18(22-20)23-9-11-24(12-10-23)19(25)14-26-17-7-5-4-6-8-17/h13,15,17H,4-12,14H2,1-3H3. The van der Waals surface area contributed by atoms with E-state index >= 15 is 0 Å². The summed E-state index contributed by atoms with van der Waals surface area (Å²) in [6.45, 7) is 9.54. The van der Waals surface area contributed by atoms with Crippen molar-refractivity contribution in [1.82, 2.24) is 14.9 Å². The summed E-state index contributed by atoms with van der Waals surface area (Å²) in [5.41, 5.74) is 0.998. The van der Waals surface area contributed by atoms with Gasteiger partial charge in [0.05, 0.1) is 6.10 Å². The third-order valence-corrected chi connectivity index (χ3v) is 5.33. The average Bonchev–Trinajstić information content (AvgIpc) is 2.66. The second-order valence-electron chi connectivity index (χ2n) is 7.82. The summed E-state index contributed by atoms with van der Waals surface area (Å²) in [6, 6.07) is 2.04. The third-order valence-electron chi connectivity index (χ3n) is 5.33. The monoisotopic (exact) mass is 360 g/mol. The quantitative estimate of drug-likeness (QED) is 0.808. The summed E-state index contributed by atoms with van der Waals surface area (Å²) in [7, 11) is 0. The van der Waals surface area contributed by atoms with Gasteiger partial charge >= 0.3 is 0 Å². The van der Waals surface area contributed by atoms with Gasteiger partial charge in [0.2, 0.25) is 5.91 Å². The zero-order valence-electron chi connectivity index (χ0n) is 16.4. The molecule has 0 bridgehead atoms. The Morgan fingerprint density at radius 3 is 2.50 bits per heavy atom. The Labute approximate surface area is 156 Å². The minimum Gasteiger partial charge on any atom is -0.368 e. The summed E-state index contributed by atoms with van der Waals surface area (Å²) in [4.78, 5) is 25.9. The largest absolute Gasteiger partial charge is 0.368 e. The van der Waals surface area contributed by atoms with Crippen LogP contribution in [0.2, 0.25) is 0 Å². The Morgan fingerprint density at radius 1 is 1.15 bits per heavy atom. The zero-order valence-corrected chi connectivity index (χ0v) is 16.4. The number of aryl methyl sites for hydroxylation is 1. The second-order valence-corrected chi connectivity index (χ2v) is 7.82. The van der Waals surface area contributed by atoms with Crippen molar-refractivity contribution in [3.63, 3.8) is 0 Å². The number of rotatable bonds is 5. The fourth-order valence-corrected chi connectivity index (χ4v) is 3.69. The van der Waals surface area contributed by atoms with Gasteiger partial charge in [-0.05, 0) is 19.8 Å². The molecular formula is C20H32N4O2. The van der Waals surface area contributed by atoms with E-state index in [9.17, 15) is 4.79 Å². The van der Waals surface area contributed by atoms with Crippen LogP contribution in [-0.2, 0) is 9.53 Å². The number of hydrogen-bond acceptors (Lipinski definition) is 5. The van der Waals surface area contributed by atoms with Crippen LogP contribution in [0.25, 0.3) is 0 Å². The van der Waals surface area contributed by atoms with Gasteiger partial charge in [0.15, 0.2) is 0 Å². The Balaban J connectivity index is 1.50.